The van der Waals surface area contributed by atoms with Gasteiger partial charge in [0.1, 0.15) is 0 Å². The van der Waals surface area contributed by atoms with Crippen LogP contribution in [-0.2, 0) is 11.2 Å². The minimum Gasteiger partial charge on any atom is -0.383 e. The Morgan fingerprint density at radius 3 is 2.84 bits per heavy atom. The van der Waals surface area contributed by atoms with Crippen LogP contribution in [0.4, 0.5) is 0 Å². The van der Waals surface area contributed by atoms with Gasteiger partial charge in [-0.25, -0.2) is 0 Å². The van der Waals surface area contributed by atoms with Crippen LogP contribution in [0.5, 0.6) is 0 Å². The molecular weight excluding hydrogens is 236 g/mol. The van der Waals surface area contributed by atoms with E-state index >= 15 is 0 Å². The second kappa shape index (κ2) is 7.04. The molecule has 1 aromatic rings. The smallest absolute Gasteiger partial charge is 0.0589 e. The standard InChI is InChI=1S/C16H26N2O/c1-4-18(11-12-19-3)15-10-9-13-7-5-6-8-14(13)16(15)17-2/h5-8,15-17H,4,9-12H2,1-3H3. The first kappa shape index (κ1) is 14.5. The van der Waals surface area contributed by atoms with Crippen molar-refractivity contribution in [3.8, 4) is 0 Å². The van der Waals surface area contributed by atoms with Gasteiger partial charge in [0.2, 0.25) is 0 Å². The predicted octanol–water partition coefficient (Wildman–Crippen LogP) is 2.23. The zero-order valence-electron chi connectivity index (χ0n) is 12.4. The van der Waals surface area contributed by atoms with Crippen molar-refractivity contribution in [2.45, 2.75) is 31.8 Å². The summed E-state index contributed by atoms with van der Waals surface area (Å²) in [6, 6.07) is 9.83. The molecule has 0 saturated carbocycles. The number of ether oxygens (including phenoxy) is 1. The monoisotopic (exact) mass is 262 g/mol. The van der Waals surface area contributed by atoms with Crippen LogP contribution in [0, 0.1) is 0 Å². The van der Waals surface area contributed by atoms with E-state index in [2.05, 4.69) is 48.5 Å². The molecule has 3 heteroatoms. The third-order valence-electron chi connectivity index (χ3n) is 4.25. The molecule has 2 atom stereocenters. The van der Waals surface area contributed by atoms with Crippen LogP contribution >= 0.6 is 0 Å². The molecule has 1 N–H and O–H groups in total. The number of rotatable bonds is 6. The second-order valence-corrected chi connectivity index (χ2v) is 5.19. The average Bonchev–Trinajstić information content (AvgIpc) is 2.47. The van der Waals surface area contributed by atoms with E-state index in [-0.39, 0.29) is 0 Å². The van der Waals surface area contributed by atoms with Gasteiger partial charge in [-0.3, -0.25) is 4.90 Å². The molecule has 0 aliphatic heterocycles. The summed E-state index contributed by atoms with van der Waals surface area (Å²) < 4.78 is 5.24. The molecule has 0 bridgehead atoms. The van der Waals surface area contributed by atoms with Gasteiger partial charge in [0.25, 0.3) is 0 Å². The van der Waals surface area contributed by atoms with E-state index in [4.69, 9.17) is 4.74 Å². The Morgan fingerprint density at radius 2 is 2.16 bits per heavy atom. The van der Waals surface area contributed by atoms with Crippen molar-refractivity contribution >= 4 is 0 Å². The Hall–Kier alpha value is -0.900. The third kappa shape index (κ3) is 3.16. The Labute approximate surface area is 116 Å². The summed E-state index contributed by atoms with van der Waals surface area (Å²) in [5.74, 6) is 0. The number of fused-ring (bicyclic) bond motifs is 1. The first-order chi connectivity index (χ1) is 9.31. The summed E-state index contributed by atoms with van der Waals surface area (Å²) >= 11 is 0. The van der Waals surface area contributed by atoms with Crippen molar-refractivity contribution in [1.82, 2.24) is 10.2 Å². The van der Waals surface area contributed by atoms with Gasteiger partial charge in [-0.2, -0.15) is 0 Å². The zero-order valence-corrected chi connectivity index (χ0v) is 12.4. The van der Waals surface area contributed by atoms with Crippen LogP contribution < -0.4 is 5.32 Å². The number of benzene rings is 1. The molecule has 0 aromatic heterocycles. The number of likely N-dealkylation sites (N-methyl/N-ethyl adjacent to an activating group) is 2. The van der Waals surface area contributed by atoms with Gasteiger partial charge >= 0.3 is 0 Å². The summed E-state index contributed by atoms with van der Waals surface area (Å²) in [5.41, 5.74) is 2.97. The molecule has 0 amide bonds. The highest BCUT2D eigenvalue weighted by atomic mass is 16.5. The van der Waals surface area contributed by atoms with Gasteiger partial charge in [-0.15, -0.1) is 0 Å². The fourth-order valence-corrected chi connectivity index (χ4v) is 3.25. The summed E-state index contributed by atoms with van der Waals surface area (Å²) in [6.45, 7) is 5.14. The Balaban J connectivity index is 2.18. The molecule has 3 nitrogen and oxygen atoms in total. The van der Waals surface area contributed by atoms with Crippen molar-refractivity contribution in [3.63, 3.8) is 0 Å². The van der Waals surface area contributed by atoms with Crippen molar-refractivity contribution in [3.05, 3.63) is 35.4 Å². The highest BCUT2D eigenvalue weighted by molar-refractivity contribution is 5.33. The number of aryl methyl sites for hydroxylation is 1. The second-order valence-electron chi connectivity index (χ2n) is 5.19. The predicted molar refractivity (Wildman–Crippen MR) is 79.5 cm³/mol. The maximum absolute atomic E-state index is 5.24. The minimum atomic E-state index is 0.432. The lowest BCUT2D eigenvalue weighted by Gasteiger charge is -2.40. The molecule has 0 heterocycles. The fraction of sp³-hybridized carbons (Fsp3) is 0.625. The summed E-state index contributed by atoms with van der Waals surface area (Å²) in [7, 11) is 3.85. The van der Waals surface area contributed by atoms with Crippen LogP contribution in [0.1, 0.15) is 30.5 Å². The van der Waals surface area contributed by atoms with Crippen LogP contribution in [0.25, 0.3) is 0 Å². The van der Waals surface area contributed by atoms with Crippen molar-refractivity contribution in [2.75, 3.05) is 33.9 Å². The molecule has 106 valence electrons. The molecule has 1 aromatic carbocycles. The summed E-state index contributed by atoms with van der Waals surface area (Å²) in [4.78, 5) is 2.54. The number of methoxy groups -OCH3 is 1. The lowest BCUT2D eigenvalue weighted by atomic mass is 9.83. The molecule has 0 saturated heterocycles. The van der Waals surface area contributed by atoms with Gasteiger partial charge < -0.3 is 10.1 Å². The van der Waals surface area contributed by atoms with Crippen molar-refractivity contribution in [1.29, 1.82) is 0 Å². The van der Waals surface area contributed by atoms with Gasteiger partial charge in [0.15, 0.2) is 0 Å². The van der Waals surface area contributed by atoms with E-state index in [0.29, 0.717) is 12.1 Å². The van der Waals surface area contributed by atoms with Crippen LogP contribution in [0.2, 0.25) is 0 Å². The van der Waals surface area contributed by atoms with E-state index in [9.17, 15) is 0 Å². The van der Waals surface area contributed by atoms with E-state index in [1.54, 1.807) is 7.11 Å². The van der Waals surface area contributed by atoms with Crippen LogP contribution in [0.15, 0.2) is 24.3 Å². The van der Waals surface area contributed by atoms with E-state index in [0.717, 1.165) is 19.7 Å². The molecule has 0 fully saturated rings. The maximum Gasteiger partial charge on any atom is 0.0589 e. The third-order valence-corrected chi connectivity index (χ3v) is 4.25. The minimum absolute atomic E-state index is 0.432. The quantitative estimate of drug-likeness (QED) is 0.851. The van der Waals surface area contributed by atoms with Crippen molar-refractivity contribution < 1.29 is 4.74 Å². The van der Waals surface area contributed by atoms with Gasteiger partial charge in [0.05, 0.1) is 6.61 Å². The maximum atomic E-state index is 5.24. The molecule has 2 unspecified atom stereocenters. The molecule has 2 rings (SSSR count). The molecule has 1 aliphatic carbocycles. The largest absolute Gasteiger partial charge is 0.383 e. The zero-order chi connectivity index (χ0) is 13.7. The average molecular weight is 262 g/mol. The SMILES string of the molecule is CCN(CCOC)C1CCc2ccccc2C1NC. The Bertz CT molecular complexity index is 394. The lowest BCUT2D eigenvalue weighted by molar-refractivity contribution is 0.0994. The molecular formula is C16H26N2O. The highest BCUT2D eigenvalue weighted by Crippen LogP contribution is 2.32. The van der Waals surface area contributed by atoms with Gasteiger partial charge in [0, 0.05) is 25.7 Å². The number of hydrogen-bond acceptors (Lipinski definition) is 3. The molecule has 0 radical (unpaired) electrons. The summed E-state index contributed by atoms with van der Waals surface area (Å²) in [6.07, 6.45) is 2.41. The first-order valence-corrected chi connectivity index (χ1v) is 7.29. The molecule has 0 spiro atoms. The van der Waals surface area contributed by atoms with Crippen molar-refractivity contribution in [2.24, 2.45) is 0 Å². The lowest BCUT2D eigenvalue weighted by Crippen LogP contribution is -2.47. The molecule has 19 heavy (non-hydrogen) atoms. The number of hydrogen-bond donors (Lipinski definition) is 1. The van der Waals surface area contributed by atoms with E-state index in [1.165, 1.54) is 24.0 Å². The van der Waals surface area contributed by atoms with Gasteiger partial charge in [-0.1, -0.05) is 31.2 Å². The number of nitrogens with one attached hydrogen (secondary N) is 1. The normalized spacial score (nSPS) is 22.5. The number of nitrogens with zero attached hydrogens (tertiary/aromatic N) is 1. The van der Waals surface area contributed by atoms with Crippen LogP contribution in [0.3, 0.4) is 0 Å². The fourth-order valence-electron chi connectivity index (χ4n) is 3.25. The van der Waals surface area contributed by atoms with Crippen LogP contribution in [-0.4, -0.2) is 44.8 Å². The van der Waals surface area contributed by atoms with Gasteiger partial charge in [-0.05, 0) is 37.6 Å². The van der Waals surface area contributed by atoms with E-state index < -0.39 is 0 Å². The highest BCUT2D eigenvalue weighted by Gasteiger charge is 2.31. The van der Waals surface area contributed by atoms with E-state index in [1.807, 2.05) is 0 Å². The first-order valence-electron chi connectivity index (χ1n) is 7.29. The topological polar surface area (TPSA) is 24.5 Å². The molecule has 1 aliphatic rings. The Morgan fingerprint density at radius 1 is 1.37 bits per heavy atom. The summed E-state index contributed by atoms with van der Waals surface area (Å²) in [5, 5.41) is 3.52. The Kier molecular flexibility index (Phi) is 5.37.